The van der Waals surface area contributed by atoms with Crippen LogP contribution in [-0.4, -0.2) is 56.5 Å². The standard InChI is InChI=1S/C20H21FN6O/c1-14-15(2)27(13-24-14)19-11-18(22-12-23-19)25-6-8-26(9-7-25)20(28)16-4-3-5-17(21)10-16/h3-5,10-13H,6-9H2,1-2H3. The summed E-state index contributed by atoms with van der Waals surface area (Å²) in [6, 6.07) is 7.74. The second-order valence-electron chi connectivity index (χ2n) is 6.81. The van der Waals surface area contributed by atoms with Gasteiger partial charge in [0.25, 0.3) is 5.91 Å². The van der Waals surface area contributed by atoms with Crippen LogP contribution in [0.3, 0.4) is 0 Å². The molecule has 8 heteroatoms. The molecule has 0 spiro atoms. The third-order valence-corrected chi connectivity index (χ3v) is 5.10. The molecular weight excluding hydrogens is 359 g/mol. The Morgan fingerprint density at radius 3 is 2.43 bits per heavy atom. The Hall–Kier alpha value is -3.29. The van der Waals surface area contributed by atoms with Crippen LogP contribution in [0, 0.1) is 19.7 Å². The van der Waals surface area contributed by atoms with Gasteiger partial charge in [-0.3, -0.25) is 9.36 Å². The summed E-state index contributed by atoms with van der Waals surface area (Å²) in [6.45, 7) is 6.37. The van der Waals surface area contributed by atoms with Crippen molar-refractivity contribution in [1.29, 1.82) is 0 Å². The van der Waals surface area contributed by atoms with Crippen LogP contribution in [0.5, 0.6) is 0 Å². The maximum absolute atomic E-state index is 13.4. The molecule has 0 N–H and O–H groups in total. The lowest BCUT2D eigenvalue weighted by Crippen LogP contribution is -2.49. The maximum atomic E-state index is 13.4. The summed E-state index contributed by atoms with van der Waals surface area (Å²) in [7, 11) is 0. The number of benzene rings is 1. The van der Waals surface area contributed by atoms with E-state index >= 15 is 0 Å². The number of amides is 1. The van der Waals surface area contributed by atoms with Gasteiger partial charge in [-0.2, -0.15) is 0 Å². The molecule has 1 saturated heterocycles. The number of aryl methyl sites for hydroxylation is 1. The Kier molecular flexibility index (Phi) is 4.77. The zero-order chi connectivity index (χ0) is 19.7. The van der Waals surface area contributed by atoms with Crippen molar-refractivity contribution >= 4 is 11.7 Å². The third-order valence-electron chi connectivity index (χ3n) is 5.10. The first-order chi connectivity index (χ1) is 13.5. The molecule has 7 nitrogen and oxygen atoms in total. The first kappa shape index (κ1) is 18.1. The number of piperazine rings is 1. The largest absolute Gasteiger partial charge is 0.353 e. The van der Waals surface area contributed by atoms with E-state index in [1.54, 1.807) is 29.7 Å². The van der Waals surface area contributed by atoms with Gasteiger partial charge in [-0.25, -0.2) is 19.3 Å². The molecule has 2 aromatic heterocycles. The molecule has 1 fully saturated rings. The number of imidazole rings is 1. The number of rotatable bonds is 3. The summed E-state index contributed by atoms with van der Waals surface area (Å²) in [5, 5.41) is 0. The summed E-state index contributed by atoms with van der Waals surface area (Å²) < 4.78 is 15.3. The summed E-state index contributed by atoms with van der Waals surface area (Å²) >= 11 is 0. The van der Waals surface area contributed by atoms with Crippen LogP contribution >= 0.6 is 0 Å². The normalized spacial score (nSPS) is 14.4. The van der Waals surface area contributed by atoms with Crippen LogP contribution in [0.1, 0.15) is 21.7 Å². The van der Waals surface area contributed by atoms with Crippen LogP contribution < -0.4 is 4.90 Å². The monoisotopic (exact) mass is 380 g/mol. The topological polar surface area (TPSA) is 67.2 Å². The molecule has 4 rings (SSSR count). The predicted octanol–water partition coefficient (Wildman–Crippen LogP) is 2.38. The van der Waals surface area contributed by atoms with E-state index in [0.29, 0.717) is 31.7 Å². The number of anilines is 1. The van der Waals surface area contributed by atoms with Gasteiger partial charge in [-0.15, -0.1) is 0 Å². The first-order valence-electron chi connectivity index (χ1n) is 9.15. The lowest BCUT2D eigenvalue weighted by atomic mass is 10.1. The molecular formula is C20H21FN6O. The molecule has 0 unspecified atom stereocenters. The van der Waals surface area contributed by atoms with Crippen molar-refractivity contribution in [1.82, 2.24) is 24.4 Å². The fourth-order valence-corrected chi connectivity index (χ4v) is 3.31. The highest BCUT2D eigenvalue weighted by Crippen LogP contribution is 2.19. The first-order valence-corrected chi connectivity index (χ1v) is 9.15. The Balaban J connectivity index is 1.46. The highest BCUT2D eigenvalue weighted by atomic mass is 19.1. The van der Waals surface area contributed by atoms with Gasteiger partial charge in [0.2, 0.25) is 0 Å². The lowest BCUT2D eigenvalue weighted by Gasteiger charge is -2.35. The van der Waals surface area contributed by atoms with Crippen LogP contribution in [0.15, 0.2) is 43.0 Å². The van der Waals surface area contributed by atoms with Crippen LogP contribution in [0.4, 0.5) is 10.2 Å². The minimum Gasteiger partial charge on any atom is -0.353 e. The Morgan fingerprint density at radius 1 is 1.00 bits per heavy atom. The van der Waals surface area contributed by atoms with E-state index in [2.05, 4.69) is 19.9 Å². The number of aromatic nitrogens is 4. The number of nitrogens with zero attached hydrogens (tertiary/aromatic N) is 6. The molecule has 0 radical (unpaired) electrons. The second-order valence-corrected chi connectivity index (χ2v) is 6.81. The smallest absolute Gasteiger partial charge is 0.254 e. The SMILES string of the molecule is Cc1ncn(-c2cc(N3CCN(C(=O)c4cccc(F)c4)CC3)ncn2)c1C. The molecule has 144 valence electrons. The molecule has 0 aliphatic carbocycles. The van der Waals surface area contributed by atoms with Crippen molar-refractivity contribution in [2.24, 2.45) is 0 Å². The van der Waals surface area contributed by atoms with Crippen molar-refractivity contribution in [3.63, 3.8) is 0 Å². The molecule has 0 saturated carbocycles. The van der Waals surface area contributed by atoms with Gasteiger partial charge in [-0.05, 0) is 32.0 Å². The molecule has 1 aliphatic heterocycles. The predicted molar refractivity (Wildman–Crippen MR) is 103 cm³/mol. The maximum Gasteiger partial charge on any atom is 0.254 e. The van der Waals surface area contributed by atoms with Crippen LogP contribution in [0.25, 0.3) is 5.82 Å². The molecule has 0 bridgehead atoms. The number of hydrogen-bond acceptors (Lipinski definition) is 5. The van der Waals surface area contributed by atoms with Crippen molar-refractivity contribution in [3.8, 4) is 5.82 Å². The van der Waals surface area contributed by atoms with E-state index in [4.69, 9.17) is 0 Å². The van der Waals surface area contributed by atoms with E-state index in [0.717, 1.165) is 23.0 Å². The lowest BCUT2D eigenvalue weighted by molar-refractivity contribution is 0.0746. The minimum atomic E-state index is -0.400. The average molecular weight is 380 g/mol. The second kappa shape index (κ2) is 7.38. The molecule has 3 aromatic rings. The van der Waals surface area contributed by atoms with Crippen molar-refractivity contribution in [2.45, 2.75) is 13.8 Å². The fraction of sp³-hybridized carbons (Fsp3) is 0.300. The van der Waals surface area contributed by atoms with Gasteiger partial charge < -0.3 is 9.80 Å². The van der Waals surface area contributed by atoms with Gasteiger partial charge in [0, 0.05) is 43.5 Å². The van der Waals surface area contributed by atoms with E-state index in [1.807, 2.05) is 24.5 Å². The highest BCUT2D eigenvalue weighted by molar-refractivity contribution is 5.94. The Labute approximate surface area is 162 Å². The zero-order valence-corrected chi connectivity index (χ0v) is 15.8. The number of hydrogen-bond donors (Lipinski definition) is 0. The number of carbonyl (C=O) groups is 1. The summed E-state index contributed by atoms with van der Waals surface area (Å²) in [5.41, 5.74) is 2.38. The molecule has 3 heterocycles. The van der Waals surface area contributed by atoms with E-state index in [9.17, 15) is 9.18 Å². The van der Waals surface area contributed by atoms with Crippen molar-refractivity contribution in [3.05, 3.63) is 65.8 Å². The minimum absolute atomic E-state index is 0.146. The van der Waals surface area contributed by atoms with Gasteiger partial charge in [-0.1, -0.05) is 6.07 Å². The van der Waals surface area contributed by atoms with Gasteiger partial charge in [0.1, 0.15) is 30.1 Å². The highest BCUT2D eigenvalue weighted by Gasteiger charge is 2.23. The summed E-state index contributed by atoms with van der Waals surface area (Å²) in [5.74, 6) is 1.03. The van der Waals surface area contributed by atoms with E-state index in [-0.39, 0.29) is 5.91 Å². The molecule has 1 aliphatic rings. The molecule has 1 amide bonds. The van der Waals surface area contributed by atoms with Crippen LogP contribution in [0.2, 0.25) is 0 Å². The summed E-state index contributed by atoms with van der Waals surface area (Å²) in [6.07, 6.45) is 3.30. The Morgan fingerprint density at radius 2 is 1.75 bits per heavy atom. The van der Waals surface area contributed by atoms with Crippen molar-refractivity contribution in [2.75, 3.05) is 31.1 Å². The van der Waals surface area contributed by atoms with Gasteiger partial charge >= 0.3 is 0 Å². The third kappa shape index (κ3) is 3.45. The van der Waals surface area contributed by atoms with Gasteiger partial charge in [0.15, 0.2) is 0 Å². The average Bonchev–Trinajstić information content (AvgIpc) is 3.06. The summed E-state index contributed by atoms with van der Waals surface area (Å²) in [4.78, 5) is 29.5. The van der Waals surface area contributed by atoms with E-state index < -0.39 is 5.82 Å². The molecule has 0 atom stereocenters. The van der Waals surface area contributed by atoms with Crippen molar-refractivity contribution < 1.29 is 9.18 Å². The van der Waals surface area contributed by atoms with Crippen LogP contribution in [-0.2, 0) is 0 Å². The zero-order valence-electron chi connectivity index (χ0n) is 15.8. The Bertz CT molecular complexity index is 1010. The molecule has 1 aromatic carbocycles. The molecule has 28 heavy (non-hydrogen) atoms. The number of halogens is 1. The quantitative estimate of drug-likeness (QED) is 0.698. The fourth-order valence-electron chi connectivity index (χ4n) is 3.31. The number of carbonyl (C=O) groups excluding carboxylic acids is 1. The van der Waals surface area contributed by atoms with Gasteiger partial charge in [0.05, 0.1) is 5.69 Å². The van der Waals surface area contributed by atoms with E-state index in [1.165, 1.54) is 12.1 Å².